The predicted molar refractivity (Wildman–Crippen MR) is 94.1 cm³/mol. The fourth-order valence-electron chi connectivity index (χ4n) is 2.64. The van der Waals surface area contributed by atoms with Gasteiger partial charge in [-0.05, 0) is 30.5 Å². The van der Waals surface area contributed by atoms with Gasteiger partial charge in [-0.3, -0.25) is 4.98 Å². The number of nitrogens with one attached hydrogen (secondary N) is 1. The maximum atomic E-state index is 4.86. The van der Waals surface area contributed by atoms with Crippen LogP contribution in [0.25, 0.3) is 10.9 Å². The quantitative estimate of drug-likeness (QED) is 0.675. The Morgan fingerprint density at radius 3 is 2.55 bits per heavy atom. The normalized spacial score (nSPS) is 10.8. The SMILES string of the molecule is CCCCc1nc2ccccc2cc1NCc1ccccc1. The maximum Gasteiger partial charge on any atom is 0.0706 e. The molecule has 0 aliphatic rings. The van der Waals surface area contributed by atoms with Gasteiger partial charge in [-0.1, -0.05) is 61.9 Å². The molecule has 0 fully saturated rings. The van der Waals surface area contributed by atoms with Crippen molar-refractivity contribution >= 4 is 16.6 Å². The van der Waals surface area contributed by atoms with E-state index >= 15 is 0 Å². The Kier molecular flexibility index (Phi) is 4.69. The van der Waals surface area contributed by atoms with Crippen LogP contribution in [0.1, 0.15) is 31.0 Å². The van der Waals surface area contributed by atoms with Gasteiger partial charge in [0.05, 0.1) is 16.9 Å². The average molecular weight is 290 g/mol. The van der Waals surface area contributed by atoms with Crippen molar-refractivity contribution in [3.05, 3.63) is 71.9 Å². The molecular formula is C20H22N2. The third-order valence-electron chi connectivity index (χ3n) is 3.90. The summed E-state index contributed by atoms with van der Waals surface area (Å²) < 4.78 is 0. The molecule has 22 heavy (non-hydrogen) atoms. The zero-order chi connectivity index (χ0) is 15.2. The second-order valence-corrected chi connectivity index (χ2v) is 5.62. The summed E-state index contributed by atoms with van der Waals surface area (Å²) in [6.45, 7) is 3.05. The van der Waals surface area contributed by atoms with Crippen LogP contribution in [0.2, 0.25) is 0 Å². The third kappa shape index (κ3) is 3.45. The van der Waals surface area contributed by atoms with E-state index in [1.165, 1.54) is 29.5 Å². The first-order valence-corrected chi connectivity index (χ1v) is 8.03. The van der Waals surface area contributed by atoms with Crippen molar-refractivity contribution in [3.8, 4) is 0 Å². The summed E-state index contributed by atoms with van der Waals surface area (Å²) in [5, 5.41) is 4.76. The van der Waals surface area contributed by atoms with Crippen molar-refractivity contribution in [1.82, 2.24) is 4.98 Å². The molecule has 1 heterocycles. The fourth-order valence-corrected chi connectivity index (χ4v) is 2.64. The van der Waals surface area contributed by atoms with Crippen molar-refractivity contribution in [2.75, 3.05) is 5.32 Å². The van der Waals surface area contributed by atoms with Crippen molar-refractivity contribution in [2.24, 2.45) is 0 Å². The number of benzene rings is 2. The summed E-state index contributed by atoms with van der Waals surface area (Å²) in [6, 6.07) is 21.1. The molecule has 2 nitrogen and oxygen atoms in total. The van der Waals surface area contributed by atoms with E-state index in [1.54, 1.807) is 0 Å². The van der Waals surface area contributed by atoms with E-state index in [-0.39, 0.29) is 0 Å². The lowest BCUT2D eigenvalue weighted by atomic mass is 10.1. The Bertz CT molecular complexity index is 735. The lowest BCUT2D eigenvalue weighted by Gasteiger charge is -2.13. The van der Waals surface area contributed by atoms with E-state index in [0.29, 0.717) is 0 Å². The first-order valence-electron chi connectivity index (χ1n) is 8.03. The van der Waals surface area contributed by atoms with Crippen LogP contribution < -0.4 is 5.32 Å². The standard InChI is InChI=1S/C20H22N2/c1-2-3-12-19-20(21-15-16-9-5-4-6-10-16)14-17-11-7-8-13-18(17)22-19/h4-11,13-14,21H,2-3,12,15H2,1H3. The molecule has 1 N–H and O–H groups in total. The van der Waals surface area contributed by atoms with E-state index in [1.807, 2.05) is 6.07 Å². The minimum absolute atomic E-state index is 0.833. The summed E-state index contributed by atoms with van der Waals surface area (Å²) in [5.41, 5.74) is 4.71. The van der Waals surface area contributed by atoms with Crippen LogP contribution in [0, 0.1) is 0 Å². The number of rotatable bonds is 6. The number of fused-ring (bicyclic) bond motifs is 1. The van der Waals surface area contributed by atoms with Crippen LogP contribution >= 0.6 is 0 Å². The van der Waals surface area contributed by atoms with Crippen molar-refractivity contribution < 1.29 is 0 Å². The number of unbranched alkanes of at least 4 members (excludes halogenated alkanes) is 1. The van der Waals surface area contributed by atoms with Crippen molar-refractivity contribution in [2.45, 2.75) is 32.7 Å². The van der Waals surface area contributed by atoms with Crippen LogP contribution in [0.4, 0.5) is 5.69 Å². The molecular weight excluding hydrogens is 268 g/mol. The number of para-hydroxylation sites is 1. The average Bonchev–Trinajstić information content (AvgIpc) is 2.58. The van der Waals surface area contributed by atoms with Gasteiger partial charge in [0.25, 0.3) is 0 Å². The minimum Gasteiger partial charge on any atom is -0.379 e. The summed E-state index contributed by atoms with van der Waals surface area (Å²) in [5.74, 6) is 0. The van der Waals surface area contributed by atoms with Gasteiger partial charge >= 0.3 is 0 Å². The van der Waals surface area contributed by atoms with Gasteiger partial charge in [0, 0.05) is 11.9 Å². The molecule has 112 valence electrons. The Morgan fingerprint density at radius 2 is 1.73 bits per heavy atom. The molecule has 3 aromatic rings. The van der Waals surface area contributed by atoms with Crippen molar-refractivity contribution in [3.63, 3.8) is 0 Å². The molecule has 0 radical (unpaired) electrons. The second kappa shape index (κ2) is 7.08. The largest absolute Gasteiger partial charge is 0.379 e. The maximum absolute atomic E-state index is 4.86. The molecule has 0 saturated heterocycles. The number of hydrogen-bond acceptors (Lipinski definition) is 2. The number of hydrogen-bond donors (Lipinski definition) is 1. The van der Waals surface area contributed by atoms with Gasteiger partial charge in [0.15, 0.2) is 0 Å². The lowest BCUT2D eigenvalue weighted by Crippen LogP contribution is -2.04. The van der Waals surface area contributed by atoms with E-state index in [0.717, 1.165) is 24.2 Å². The lowest BCUT2D eigenvalue weighted by molar-refractivity contribution is 0.780. The van der Waals surface area contributed by atoms with Gasteiger partial charge < -0.3 is 5.32 Å². The highest BCUT2D eigenvalue weighted by Gasteiger charge is 2.06. The first kappa shape index (κ1) is 14.6. The highest BCUT2D eigenvalue weighted by Crippen LogP contribution is 2.23. The molecule has 0 saturated carbocycles. The molecule has 0 aliphatic carbocycles. The van der Waals surface area contributed by atoms with E-state index in [2.05, 4.69) is 66.8 Å². The first-order chi connectivity index (χ1) is 10.9. The van der Waals surface area contributed by atoms with Crippen LogP contribution in [-0.2, 0) is 13.0 Å². The van der Waals surface area contributed by atoms with E-state index < -0.39 is 0 Å². The van der Waals surface area contributed by atoms with Gasteiger partial charge in [-0.2, -0.15) is 0 Å². The van der Waals surface area contributed by atoms with Crippen molar-refractivity contribution in [1.29, 1.82) is 0 Å². The predicted octanol–water partition coefficient (Wildman–Crippen LogP) is 5.19. The number of aryl methyl sites for hydroxylation is 1. The Morgan fingerprint density at radius 1 is 0.955 bits per heavy atom. The van der Waals surface area contributed by atoms with Gasteiger partial charge in [-0.15, -0.1) is 0 Å². The highest BCUT2D eigenvalue weighted by molar-refractivity contribution is 5.82. The number of anilines is 1. The van der Waals surface area contributed by atoms with E-state index in [4.69, 9.17) is 4.98 Å². The van der Waals surface area contributed by atoms with Crippen LogP contribution in [-0.4, -0.2) is 4.98 Å². The zero-order valence-electron chi connectivity index (χ0n) is 13.0. The Balaban J connectivity index is 1.87. The molecule has 0 unspecified atom stereocenters. The monoisotopic (exact) mass is 290 g/mol. The molecule has 0 aliphatic heterocycles. The topological polar surface area (TPSA) is 24.9 Å². The number of aromatic nitrogens is 1. The Hall–Kier alpha value is -2.35. The van der Waals surface area contributed by atoms with Crippen LogP contribution in [0.15, 0.2) is 60.7 Å². The fraction of sp³-hybridized carbons (Fsp3) is 0.250. The molecule has 1 aromatic heterocycles. The molecule has 0 amide bonds. The summed E-state index contributed by atoms with van der Waals surface area (Å²) in [4.78, 5) is 4.86. The Labute approximate surface area is 132 Å². The number of nitrogens with zero attached hydrogens (tertiary/aromatic N) is 1. The number of pyridine rings is 1. The summed E-state index contributed by atoms with van der Waals surface area (Å²) >= 11 is 0. The van der Waals surface area contributed by atoms with E-state index in [9.17, 15) is 0 Å². The summed E-state index contributed by atoms with van der Waals surface area (Å²) in [7, 11) is 0. The molecule has 2 aromatic carbocycles. The molecule has 3 rings (SSSR count). The third-order valence-corrected chi connectivity index (χ3v) is 3.90. The summed E-state index contributed by atoms with van der Waals surface area (Å²) in [6.07, 6.45) is 3.39. The molecule has 0 bridgehead atoms. The highest BCUT2D eigenvalue weighted by atomic mass is 14.9. The van der Waals surface area contributed by atoms with Crippen LogP contribution in [0.3, 0.4) is 0 Å². The minimum atomic E-state index is 0.833. The second-order valence-electron chi connectivity index (χ2n) is 5.62. The van der Waals surface area contributed by atoms with Crippen LogP contribution in [0.5, 0.6) is 0 Å². The smallest absolute Gasteiger partial charge is 0.0706 e. The van der Waals surface area contributed by atoms with Gasteiger partial charge in [0.2, 0.25) is 0 Å². The molecule has 0 spiro atoms. The van der Waals surface area contributed by atoms with Gasteiger partial charge in [0.1, 0.15) is 0 Å². The zero-order valence-corrected chi connectivity index (χ0v) is 13.0. The molecule has 0 atom stereocenters. The molecule has 2 heteroatoms. The van der Waals surface area contributed by atoms with Gasteiger partial charge in [-0.25, -0.2) is 0 Å².